The van der Waals surface area contributed by atoms with E-state index in [1.165, 1.54) is 34.9 Å². The smallest absolute Gasteiger partial charge is 0.0345 e. The van der Waals surface area contributed by atoms with Gasteiger partial charge in [-0.15, -0.1) is 23.7 Å². The maximum absolute atomic E-state index is 3.68. The van der Waals surface area contributed by atoms with Crippen LogP contribution in [0, 0.1) is 0 Å². The summed E-state index contributed by atoms with van der Waals surface area (Å²) in [6.07, 6.45) is 4.90. The summed E-state index contributed by atoms with van der Waals surface area (Å²) in [5, 5.41) is 7.46. The van der Waals surface area contributed by atoms with Crippen LogP contribution in [-0.2, 0) is 6.42 Å². The topological polar surface area (TPSA) is 12.0 Å². The third-order valence-electron chi connectivity index (χ3n) is 3.35. The number of hydrogen-bond acceptors (Lipinski definition) is 2. The summed E-state index contributed by atoms with van der Waals surface area (Å²) < 4.78 is 1.42. The van der Waals surface area contributed by atoms with Crippen molar-refractivity contribution in [2.45, 2.75) is 45.6 Å². The van der Waals surface area contributed by atoms with E-state index in [-0.39, 0.29) is 12.4 Å². The molecule has 0 fully saturated rings. The van der Waals surface area contributed by atoms with Crippen molar-refractivity contribution in [3.8, 4) is 0 Å². The van der Waals surface area contributed by atoms with Gasteiger partial charge in [0.2, 0.25) is 0 Å². The highest BCUT2D eigenvalue weighted by Gasteiger charge is 2.11. The molecular weight excluding hydrogens is 274 g/mol. The average molecular weight is 298 g/mol. The molecule has 1 N–H and O–H groups in total. The van der Waals surface area contributed by atoms with Gasteiger partial charge in [-0.3, -0.25) is 0 Å². The van der Waals surface area contributed by atoms with Crippen molar-refractivity contribution < 1.29 is 0 Å². The van der Waals surface area contributed by atoms with Crippen LogP contribution in [-0.4, -0.2) is 12.6 Å². The molecule has 0 aliphatic rings. The van der Waals surface area contributed by atoms with Crippen LogP contribution in [0.15, 0.2) is 29.6 Å². The Labute approximate surface area is 126 Å². The normalized spacial score (nSPS) is 12.3. The Morgan fingerprint density at radius 1 is 1.16 bits per heavy atom. The second kappa shape index (κ2) is 8.57. The fourth-order valence-electron chi connectivity index (χ4n) is 2.43. The largest absolute Gasteiger partial charge is 0.314 e. The van der Waals surface area contributed by atoms with Crippen LogP contribution in [0.5, 0.6) is 0 Å². The van der Waals surface area contributed by atoms with Gasteiger partial charge in [0.15, 0.2) is 0 Å². The van der Waals surface area contributed by atoms with Crippen LogP contribution in [0.25, 0.3) is 10.1 Å². The lowest BCUT2D eigenvalue weighted by Crippen LogP contribution is -2.31. The molecule has 106 valence electrons. The molecule has 0 aliphatic carbocycles. The summed E-state index contributed by atoms with van der Waals surface area (Å²) in [4.78, 5) is 0. The van der Waals surface area contributed by atoms with Gasteiger partial charge < -0.3 is 5.32 Å². The van der Waals surface area contributed by atoms with Gasteiger partial charge in [0, 0.05) is 10.7 Å². The highest BCUT2D eigenvalue weighted by Crippen LogP contribution is 2.27. The van der Waals surface area contributed by atoms with Crippen LogP contribution in [0.3, 0.4) is 0 Å². The molecule has 0 saturated carbocycles. The number of benzene rings is 1. The number of halogens is 1. The highest BCUT2D eigenvalue weighted by molar-refractivity contribution is 7.17. The Hall–Kier alpha value is -0.570. The van der Waals surface area contributed by atoms with Gasteiger partial charge in [0.25, 0.3) is 0 Å². The van der Waals surface area contributed by atoms with Crippen molar-refractivity contribution in [2.24, 2.45) is 0 Å². The molecular formula is C16H24ClNS. The monoisotopic (exact) mass is 297 g/mol. The lowest BCUT2D eigenvalue weighted by atomic mass is 10.0. The van der Waals surface area contributed by atoms with Crippen LogP contribution < -0.4 is 5.32 Å². The van der Waals surface area contributed by atoms with Gasteiger partial charge >= 0.3 is 0 Å². The average Bonchev–Trinajstić information content (AvgIpc) is 2.80. The van der Waals surface area contributed by atoms with Crippen LogP contribution in [0.4, 0.5) is 0 Å². The molecule has 2 aromatic rings. The molecule has 3 heteroatoms. The zero-order valence-electron chi connectivity index (χ0n) is 11.8. The second-order valence-electron chi connectivity index (χ2n) is 4.90. The second-order valence-corrected chi connectivity index (χ2v) is 5.81. The van der Waals surface area contributed by atoms with Gasteiger partial charge in [0.05, 0.1) is 0 Å². The Balaban J connectivity index is 0.00000180. The number of hydrogen-bond donors (Lipinski definition) is 1. The van der Waals surface area contributed by atoms with Gasteiger partial charge in [-0.2, -0.15) is 0 Å². The van der Waals surface area contributed by atoms with Crippen molar-refractivity contribution in [1.82, 2.24) is 5.32 Å². The molecule has 1 heterocycles. The maximum Gasteiger partial charge on any atom is 0.0345 e. The molecule has 2 rings (SSSR count). The van der Waals surface area contributed by atoms with Gasteiger partial charge in [-0.05, 0) is 48.2 Å². The summed E-state index contributed by atoms with van der Waals surface area (Å²) >= 11 is 1.87. The highest BCUT2D eigenvalue weighted by atomic mass is 35.5. The van der Waals surface area contributed by atoms with Crippen molar-refractivity contribution in [1.29, 1.82) is 0 Å². The molecule has 1 aromatic heterocycles. The minimum absolute atomic E-state index is 0. The van der Waals surface area contributed by atoms with Crippen molar-refractivity contribution in [3.05, 3.63) is 35.2 Å². The predicted molar refractivity (Wildman–Crippen MR) is 89.8 cm³/mol. The predicted octanol–water partition coefficient (Wildman–Crippen LogP) is 5.03. The van der Waals surface area contributed by atoms with Gasteiger partial charge in [-0.25, -0.2) is 0 Å². The fourth-order valence-corrected chi connectivity index (χ4v) is 3.41. The molecule has 1 atom stereocenters. The van der Waals surface area contributed by atoms with Crippen LogP contribution >= 0.6 is 23.7 Å². The molecule has 1 nitrogen and oxygen atoms in total. The minimum atomic E-state index is 0. The summed E-state index contributed by atoms with van der Waals surface area (Å²) in [6, 6.07) is 9.38. The zero-order valence-corrected chi connectivity index (χ0v) is 13.4. The molecule has 0 aliphatic heterocycles. The number of thiophene rings is 1. The first-order valence-corrected chi connectivity index (χ1v) is 7.91. The van der Waals surface area contributed by atoms with Gasteiger partial charge in [0.1, 0.15) is 0 Å². The Morgan fingerprint density at radius 2 is 1.95 bits per heavy atom. The van der Waals surface area contributed by atoms with Crippen LogP contribution in [0.1, 0.15) is 38.7 Å². The molecule has 0 bridgehead atoms. The zero-order chi connectivity index (χ0) is 12.8. The summed E-state index contributed by atoms with van der Waals surface area (Å²) in [5.74, 6) is 0. The lowest BCUT2D eigenvalue weighted by molar-refractivity contribution is 0.474. The standard InChI is InChI=1S/C16H23NS.ClH/c1-3-7-14(17-10-4-2)11-13-12-18-16-9-6-5-8-15(13)16;/h5-6,8-9,12,14,17H,3-4,7,10-11H2,1-2H3;1H. The summed E-state index contributed by atoms with van der Waals surface area (Å²) in [7, 11) is 0. The fraction of sp³-hybridized carbons (Fsp3) is 0.500. The minimum Gasteiger partial charge on any atom is -0.314 e. The van der Waals surface area contributed by atoms with E-state index in [0.717, 1.165) is 13.0 Å². The molecule has 0 amide bonds. The molecule has 0 spiro atoms. The molecule has 0 radical (unpaired) electrons. The first-order chi connectivity index (χ1) is 8.85. The van der Waals surface area contributed by atoms with Crippen LogP contribution in [0.2, 0.25) is 0 Å². The van der Waals surface area contributed by atoms with E-state index in [4.69, 9.17) is 0 Å². The van der Waals surface area contributed by atoms with Crippen molar-refractivity contribution >= 4 is 33.8 Å². The SMILES string of the molecule is CCCNC(CCC)Cc1csc2ccccc12.Cl. The molecule has 0 saturated heterocycles. The first-order valence-electron chi connectivity index (χ1n) is 7.03. The number of fused-ring (bicyclic) bond motifs is 1. The maximum atomic E-state index is 3.68. The first kappa shape index (κ1) is 16.5. The third kappa shape index (κ3) is 4.48. The number of nitrogens with one attached hydrogen (secondary N) is 1. The molecule has 19 heavy (non-hydrogen) atoms. The lowest BCUT2D eigenvalue weighted by Gasteiger charge is -2.17. The Morgan fingerprint density at radius 3 is 2.68 bits per heavy atom. The van der Waals surface area contributed by atoms with E-state index >= 15 is 0 Å². The number of rotatable bonds is 7. The quantitative estimate of drug-likeness (QED) is 0.755. The van der Waals surface area contributed by atoms with Gasteiger partial charge in [-0.1, -0.05) is 38.5 Å². The molecule has 1 unspecified atom stereocenters. The molecule has 1 aromatic carbocycles. The third-order valence-corrected chi connectivity index (χ3v) is 4.36. The summed E-state index contributed by atoms with van der Waals surface area (Å²) in [6.45, 7) is 5.63. The van der Waals surface area contributed by atoms with E-state index in [2.05, 4.69) is 48.8 Å². The van der Waals surface area contributed by atoms with Crippen molar-refractivity contribution in [3.63, 3.8) is 0 Å². The van der Waals surface area contributed by atoms with E-state index in [0.29, 0.717) is 6.04 Å². The van der Waals surface area contributed by atoms with E-state index < -0.39 is 0 Å². The Bertz CT molecular complexity index is 480. The summed E-state index contributed by atoms with van der Waals surface area (Å²) in [5.41, 5.74) is 1.51. The van der Waals surface area contributed by atoms with E-state index in [1.807, 2.05) is 11.3 Å². The van der Waals surface area contributed by atoms with E-state index in [1.54, 1.807) is 0 Å². The van der Waals surface area contributed by atoms with E-state index in [9.17, 15) is 0 Å². The Kier molecular flexibility index (Phi) is 7.44. The van der Waals surface area contributed by atoms with Crippen molar-refractivity contribution in [2.75, 3.05) is 6.54 Å².